The van der Waals surface area contributed by atoms with E-state index in [1.807, 2.05) is 23.1 Å². The molecule has 8 heteroatoms. The number of anilines is 1. The Morgan fingerprint density at radius 3 is 2.48 bits per heavy atom. The summed E-state index contributed by atoms with van der Waals surface area (Å²) >= 11 is 8.62. The van der Waals surface area contributed by atoms with Gasteiger partial charge in [-0.1, -0.05) is 23.1 Å². The smallest absolute Gasteiger partial charge is 0.181 e. The molecule has 1 aromatic heterocycles. The van der Waals surface area contributed by atoms with Crippen LogP contribution in [0.25, 0.3) is 0 Å². The second kappa shape index (κ2) is 7.65. The average Bonchev–Trinajstić information content (AvgIpc) is 2.96. The van der Waals surface area contributed by atoms with E-state index in [1.165, 1.54) is 5.69 Å². The predicted molar refractivity (Wildman–Crippen MR) is 99.5 cm³/mol. The van der Waals surface area contributed by atoms with Crippen LogP contribution in [-0.2, 0) is 6.67 Å². The lowest BCUT2D eigenvalue weighted by Gasteiger charge is -2.35. The third-order valence-electron chi connectivity index (χ3n) is 3.91. The van der Waals surface area contributed by atoms with Crippen molar-refractivity contribution in [2.75, 3.05) is 44.4 Å². The normalized spacial score (nSPS) is 15.8. The second-order valence-corrected chi connectivity index (χ2v) is 7.96. The molecule has 1 aromatic carbocycles. The average molecular weight is 369 g/mol. The Balaban J connectivity index is 1.57. The van der Waals surface area contributed by atoms with Crippen LogP contribution < -0.4 is 9.64 Å². The highest BCUT2D eigenvalue weighted by atomic mass is 32.2. The summed E-state index contributed by atoms with van der Waals surface area (Å²) < 4.78 is 9.04. The maximum absolute atomic E-state index is 5.39. The molecule has 0 atom stereocenters. The highest BCUT2D eigenvalue weighted by molar-refractivity contribution is 8.00. The zero-order valence-electron chi connectivity index (χ0n) is 13.3. The molecule has 2 aromatic rings. The first kappa shape index (κ1) is 16.8. The minimum absolute atomic E-state index is 0.784. The van der Waals surface area contributed by atoms with Crippen molar-refractivity contribution in [1.82, 2.24) is 14.7 Å². The Labute approximate surface area is 149 Å². The van der Waals surface area contributed by atoms with Gasteiger partial charge < -0.3 is 9.64 Å². The lowest BCUT2D eigenvalue weighted by molar-refractivity contribution is 0.194. The van der Waals surface area contributed by atoms with Gasteiger partial charge in [0.25, 0.3) is 0 Å². The first-order valence-corrected chi connectivity index (χ1v) is 9.88. The van der Waals surface area contributed by atoms with Gasteiger partial charge in [-0.3, -0.25) is 4.90 Å². The maximum Gasteiger partial charge on any atom is 0.181 e. The van der Waals surface area contributed by atoms with E-state index in [4.69, 9.17) is 17.0 Å². The SMILES string of the molecule is COc1ccc(N2CCN(Cn3nc(SC)sc3=S)CC2)cc1. The number of nitrogens with zero attached hydrogens (tertiary/aromatic N) is 4. The lowest BCUT2D eigenvalue weighted by Crippen LogP contribution is -2.46. The van der Waals surface area contributed by atoms with Gasteiger partial charge in [0, 0.05) is 31.9 Å². The molecule has 0 radical (unpaired) electrons. The number of hydrogen-bond donors (Lipinski definition) is 0. The molecule has 0 bridgehead atoms. The van der Waals surface area contributed by atoms with Crippen molar-refractivity contribution in [3.8, 4) is 5.75 Å². The summed E-state index contributed by atoms with van der Waals surface area (Å²) in [6.45, 7) is 4.84. The standard InChI is InChI=1S/C15H20N4OS3/c1-20-13-5-3-12(4-6-13)18-9-7-17(8-10-18)11-19-15(21)23-14(16-19)22-2/h3-6H,7-11H2,1-2H3. The van der Waals surface area contributed by atoms with E-state index in [0.29, 0.717) is 0 Å². The number of methoxy groups -OCH3 is 1. The first-order chi connectivity index (χ1) is 11.2. The molecule has 0 unspecified atom stereocenters. The molecule has 0 aliphatic carbocycles. The van der Waals surface area contributed by atoms with Gasteiger partial charge in [0.15, 0.2) is 8.29 Å². The highest BCUT2D eigenvalue weighted by Crippen LogP contribution is 2.22. The summed E-state index contributed by atoms with van der Waals surface area (Å²) in [5.74, 6) is 0.898. The van der Waals surface area contributed by atoms with Gasteiger partial charge >= 0.3 is 0 Å². The van der Waals surface area contributed by atoms with Gasteiger partial charge in [0.1, 0.15) is 5.75 Å². The number of benzene rings is 1. The Kier molecular flexibility index (Phi) is 5.58. The maximum atomic E-state index is 5.39. The van der Waals surface area contributed by atoms with E-state index < -0.39 is 0 Å². The van der Waals surface area contributed by atoms with Gasteiger partial charge in [0.2, 0.25) is 0 Å². The minimum atomic E-state index is 0.784. The number of thioether (sulfide) groups is 1. The molecule has 1 saturated heterocycles. The first-order valence-electron chi connectivity index (χ1n) is 7.43. The Bertz CT molecular complexity index is 689. The molecule has 0 amide bonds. The molecule has 1 aliphatic rings. The molecule has 1 fully saturated rings. The molecule has 124 valence electrons. The van der Waals surface area contributed by atoms with Gasteiger partial charge in [0.05, 0.1) is 13.8 Å². The molecule has 23 heavy (non-hydrogen) atoms. The summed E-state index contributed by atoms with van der Waals surface area (Å²) in [7, 11) is 1.69. The van der Waals surface area contributed by atoms with E-state index >= 15 is 0 Å². The number of aromatic nitrogens is 2. The summed E-state index contributed by atoms with van der Waals surface area (Å²) in [4.78, 5) is 4.81. The molecule has 3 rings (SSSR count). The van der Waals surface area contributed by atoms with Gasteiger partial charge in [-0.05, 0) is 42.7 Å². The van der Waals surface area contributed by atoms with Crippen molar-refractivity contribution in [3.63, 3.8) is 0 Å². The Morgan fingerprint density at radius 1 is 1.22 bits per heavy atom. The zero-order valence-corrected chi connectivity index (χ0v) is 15.7. The predicted octanol–water partition coefficient (Wildman–Crippen LogP) is 3.18. The molecule has 0 spiro atoms. The summed E-state index contributed by atoms with van der Waals surface area (Å²) in [5.41, 5.74) is 1.25. The molecular formula is C15H20N4OS3. The monoisotopic (exact) mass is 368 g/mol. The van der Waals surface area contributed by atoms with Gasteiger partial charge in [-0.2, -0.15) is 5.10 Å². The Morgan fingerprint density at radius 2 is 1.91 bits per heavy atom. The van der Waals surface area contributed by atoms with Crippen molar-refractivity contribution in [2.45, 2.75) is 11.0 Å². The van der Waals surface area contributed by atoms with Crippen molar-refractivity contribution in [3.05, 3.63) is 28.2 Å². The van der Waals surface area contributed by atoms with Crippen molar-refractivity contribution in [2.24, 2.45) is 0 Å². The third-order valence-corrected chi connectivity index (χ3v) is 6.19. The lowest BCUT2D eigenvalue weighted by atomic mass is 10.2. The van der Waals surface area contributed by atoms with Crippen LogP contribution in [-0.4, -0.2) is 54.2 Å². The van der Waals surface area contributed by atoms with Crippen LogP contribution in [0.2, 0.25) is 0 Å². The number of hydrogen-bond acceptors (Lipinski definition) is 7. The van der Waals surface area contributed by atoms with Crippen molar-refractivity contribution in [1.29, 1.82) is 0 Å². The van der Waals surface area contributed by atoms with E-state index in [0.717, 1.165) is 46.9 Å². The largest absolute Gasteiger partial charge is 0.497 e. The summed E-state index contributed by atoms with van der Waals surface area (Å²) in [5, 5.41) is 4.54. The number of rotatable bonds is 5. The summed E-state index contributed by atoms with van der Waals surface area (Å²) in [6.07, 6.45) is 2.03. The number of piperazine rings is 1. The van der Waals surface area contributed by atoms with Crippen LogP contribution in [0.3, 0.4) is 0 Å². The van der Waals surface area contributed by atoms with Crippen LogP contribution >= 0.6 is 35.3 Å². The van der Waals surface area contributed by atoms with Crippen molar-refractivity contribution < 1.29 is 4.74 Å². The Hall–Kier alpha value is -1.09. The van der Waals surface area contributed by atoms with Crippen molar-refractivity contribution >= 4 is 41.0 Å². The topological polar surface area (TPSA) is 33.5 Å². The van der Waals surface area contributed by atoms with Gasteiger partial charge in [-0.15, -0.1) is 0 Å². The minimum Gasteiger partial charge on any atom is -0.497 e. The van der Waals surface area contributed by atoms with E-state index in [-0.39, 0.29) is 0 Å². The molecule has 1 aliphatic heterocycles. The molecule has 5 nitrogen and oxygen atoms in total. The van der Waals surface area contributed by atoms with E-state index in [9.17, 15) is 0 Å². The third kappa shape index (κ3) is 4.06. The fourth-order valence-corrected chi connectivity index (χ4v) is 4.33. The van der Waals surface area contributed by atoms with Crippen LogP contribution in [0.4, 0.5) is 5.69 Å². The fraction of sp³-hybridized carbons (Fsp3) is 0.467. The van der Waals surface area contributed by atoms with E-state index in [2.05, 4.69) is 27.0 Å². The van der Waals surface area contributed by atoms with Gasteiger partial charge in [-0.25, -0.2) is 4.68 Å². The number of ether oxygens (including phenoxy) is 1. The molecule has 0 N–H and O–H groups in total. The quantitative estimate of drug-likeness (QED) is 0.596. The van der Waals surface area contributed by atoms with Crippen LogP contribution in [0.1, 0.15) is 0 Å². The zero-order chi connectivity index (χ0) is 16.2. The van der Waals surface area contributed by atoms with Crippen LogP contribution in [0, 0.1) is 3.95 Å². The molecular weight excluding hydrogens is 348 g/mol. The highest BCUT2D eigenvalue weighted by Gasteiger charge is 2.18. The molecule has 0 saturated carbocycles. The van der Waals surface area contributed by atoms with Crippen LogP contribution in [0.5, 0.6) is 5.75 Å². The fourth-order valence-electron chi connectivity index (χ4n) is 2.59. The van der Waals surface area contributed by atoms with Crippen LogP contribution in [0.15, 0.2) is 28.6 Å². The van der Waals surface area contributed by atoms with E-state index in [1.54, 1.807) is 30.2 Å². The second-order valence-electron chi connectivity index (χ2n) is 5.28. The summed E-state index contributed by atoms with van der Waals surface area (Å²) in [6, 6.07) is 8.27. The molecule has 2 heterocycles.